The number of carbonyl (C=O) groups excluding carboxylic acids is 2. The third kappa shape index (κ3) is 4.05. The molecule has 3 heterocycles. The van der Waals surface area contributed by atoms with E-state index in [9.17, 15) is 18.4 Å². The van der Waals surface area contributed by atoms with Crippen LogP contribution >= 0.6 is 0 Å². The number of nitriles is 1. The molecule has 0 aliphatic carbocycles. The summed E-state index contributed by atoms with van der Waals surface area (Å²) in [5, 5.41) is 9.77. The number of carbonyl (C=O) groups is 2. The van der Waals surface area contributed by atoms with E-state index in [2.05, 4.69) is 16.0 Å². The number of nitrogens with zero attached hydrogens (tertiary/aromatic N) is 4. The molecule has 1 fully saturated rings. The van der Waals surface area contributed by atoms with Crippen molar-refractivity contribution in [3.05, 3.63) is 65.4 Å². The molecule has 0 bridgehead atoms. The van der Waals surface area contributed by atoms with Gasteiger partial charge in [0.15, 0.2) is 5.78 Å². The van der Waals surface area contributed by atoms with Crippen molar-refractivity contribution in [1.82, 2.24) is 9.88 Å². The Hall–Kier alpha value is -3.99. The Morgan fingerprint density at radius 2 is 1.91 bits per heavy atom. The van der Waals surface area contributed by atoms with Gasteiger partial charge in [-0.05, 0) is 46.5 Å². The number of alkyl halides is 2. The number of pyridine rings is 1. The Labute approximate surface area is 194 Å². The molecule has 1 aromatic heterocycles. The quantitative estimate of drug-likeness (QED) is 0.525. The highest BCUT2D eigenvalue weighted by atomic mass is 19.3. The second-order valence-electron chi connectivity index (χ2n) is 8.62. The summed E-state index contributed by atoms with van der Waals surface area (Å²) < 4.78 is 27.3. The highest BCUT2D eigenvalue weighted by molar-refractivity contribution is 6.08. The molecule has 6 nitrogen and oxygen atoms in total. The van der Waals surface area contributed by atoms with Crippen molar-refractivity contribution in [2.75, 3.05) is 6.54 Å². The number of hydrogen-bond donors (Lipinski definition) is 0. The molecule has 0 saturated carbocycles. The fourth-order valence-electron chi connectivity index (χ4n) is 4.54. The number of likely N-dealkylation sites (tertiary alicyclic amines) is 1. The average molecular weight is 458 g/mol. The first-order chi connectivity index (χ1) is 16.3. The van der Waals surface area contributed by atoms with E-state index in [0.717, 1.165) is 21.6 Å². The molecular formula is C26H20F2N4O2. The molecule has 170 valence electrons. The molecular weight excluding hydrogens is 438 g/mol. The van der Waals surface area contributed by atoms with E-state index in [1.54, 1.807) is 12.1 Å². The topological polar surface area (TPSA) is 86.4 Å². The number of amides is 1. The maximum Gasteiger partial charge on any atom is 0.268 e. The third-order valence-corrected chi connectivity index (χ3v) is 6.32. The van der Waals surface area contributed by atoms with Crippen LogP contribution in [0.1, 0.15) is 40.7 Å². The second kappa shape index (κ2) is 8.41. The summed E-state index contributed by atoms with van der Waals surface area (Å²) >= 11 is 0. The summed E-state index contributed by atoms with van der Waals surface area (Å²) in [7, 11) is 0. The highest BCUT2D eigenvalue weighted by Gasteiger charge is 2.47. The lowest BCUT2D eigenvalue weighted by Crippen LogP contribution is -2.36. The zero-order chi connectivity index (χ0) is 23.9. The molecule has 3 aromatic rings. The predicted molar refractivity (Wildman–Crippen MR) is 123 cm³/mol. The number of hydrogen-bond acceptors (Lipinski definition) is 5. The van der Waals surface area contributed by atoms with Crippen LogP contribution in [0, 0.1) is 11.3 Å². The Morgan fingerprint density at radius 3 is 2.74 bits per heavy atom. The zero-order valence-corrected chi connectivity index (χ0v) is 18.2. The normalized spacial score (nSPS) is 18.1. The number of Topliss-reactive ketones (excluding diaryl/α,β-unsaturated/α-hetero) is 1. The number of benzene rings is 2. The van der Waals surface area contributed by atoms with Gasteiger partial charge in [0.2, 0.25) is 5.91 Å². The van der Waals surface area contributed by atoms with Crippen molar-refractivity contribution in [2.24, 2.45) is 4.99 Å². The van der Waals surface area contributed by atoms with Gasteiger partial charge in [0.1, 0.15) is 6.04 Å². The van der Waals surface area contributed by atoms with Gasteiger partial charge in [0.25, 0.3) is 5.92 Å². The van der Waals surface area contributed by atoms with Crippen molar-refractivity contribution in [1.29, 1.82) is 5.26 Å². The molecule has 0 radical (unpaired) electrons. The van der Waals surface area contributed by atoms with E-state index >= 15 is 0 Å². The summed E-state index contributed by atoms with van der Waals surface area (Å²) in [6.45, 7) is -0.107. The molecule has 2 aliphatic rings. The Bertz CT molecular complexity index is 1390. The van der Waals surface area contributed by atoms with E-state index in [1.165, 1.54) is 11.8 Å². The zero-order valence-electron chi connectivity index (χ0n) is 18.2. The fourth-order valence-corrected chi connectivity index (χ4v) is 4.54. The van der Waals surface area contributed by atoms with E-state index in [1.807, 2.05) is 36.5 Å². The minimum Gasteiger partial charge on any atom is -0.320 e. The van der Waals surface area contributed by atoms with Gasteiger partial charge in [-0.3, -0.25) is 19.6 Å². The van der Waals surface area contributed by atoms with Gasteiger partial charge in [-0.25, -0.2) is 8.78 Å². The van der Waals surface area contributed by atoms with Crippen LogP contribution in [0.2, 0.25) is 0 Å². The third-order valence-electron chi connectivity index (χ3n) is 6.32. The minimum absolute atomic E-state index is 0.141. The largest absolute Gasteiger partial charge is 0.320 e. The molecule has 0 N–H and O–H groups in total. The van der Waals surface area contributed by atoms with Crippen LogP contribution in [0.5, 0.6) is 0 Å². The Morgan fingerprint density at radius 1 is 1.12 bits per heavy atom. The van der Waals surface area contributed by atoms with E-state index in [0.29, 0.717) is 23.0 Å². The van der Waals surface area contributed by atoms with Gasteiger partial charge in [-0.2, -0.15) is 5.26 Å². The van der Waals surface area contributed by atoms with Crippen LogP contribution in [0.3, 0.4) is 0 Å². The van der Waals surface area contributed by atoms with Crippen molar-refractivity contribution < 1.29 is 18.4 Å². The van der Waals surface area contributed by atoms with E-state index in [-0.39, 0.29) is 18.6 Å². The molecule has 1 amide bonds. The van der Waals surface area contributed by atoms with Gasteiger partial charge < -0.3 is 4.90 Å². The fraction of sp³-hybridized carbons (Fsp3) is 0.269. The van der Waals surface area contributed by atoms with Crippen LogP contribution in [-0.4, -0.2) is 46.3 Å². The molecule has 0 spiro atoms. The van der Waals surface area contributed by atoms with E-state index < -0.39 is 30.8 Å². The molecule has 34 heavy (non-hydrogen) atoms. The van der Waals surface area contributed by atoms with Gasteiger partial charge >= 0.3 is 0 Å². The lowest BCUT2D eigenvalue weighted by Gasteiger charge is -2.18. The molecule has 8 heteroatoms. The van der Waals surface area contributed by atoms with Crippen molar-refractivity contribution in [3.63, 3.8) is 0 Å². The summed E-state index contributed by atoms with van der Waals surface area (Å²) in [5.74, 6) is -3.98. The number of halogens is 2. The molecule has 1 saturated heterocycles. The molecule has 2 aromatic carbocycles. The first-order valence-electron chi connectivity index (χ1n) is 11.0. The number of aromatic nitrogens is 1. The SMILES string of the molecule is N#C[C@@H]1CC(F)(F)CN1C(=O)CCC(=O)c1ccnc2ccc(-c3ccc4c(c3)C=NC4)cc12. The highest BCUT2D eigenvalue weighted by Crippen LogP contribution is 2.33. The Balaban J connectivity index is 1.37. The molecule has 1 atom stereocenters. The number of fused-ring (bicyclic) bond motifs is 2. The predicted octanol–water partition coefficient (Wildman–Crippen LogP) is 4.56. The second-order valence-corrected chi connectivity index (χ2v) is 8.62. The molecule has 2 aliphatic heterocycles. The number of rotatable bonds is 5. The van der Waals surface area contributed by atoms with Crippen molar-refractivity contribution in [3.8, 4) is 17.2 Å². The maximum absolute atomic E-state index is 13.7. The monoisotopic (exact) mass is 458 g/mol. The van der Waals surface area contributed by atoms with Crippen LogP contribution < -0.4 is 0 Å². The average Bonchev–Trinajstić information content (AvgIpc) is 3.44. The van der Waals surface area contributed by atoms with Gasteiger partial charge in [-0.15, -0.1) is 0 Å². The van der Waals surface area contributed by atoms with Gasteiger partial charge in [0.05, 0.1) is 24.7 Å². The summed E-state index contributed by atoms with van der Waals surface area (Å²) in [6, 6.07) is 14.0. The van der Waals surface area contributed by atoms with Crippen LogP contribution in [-0.2, 0) is 11.3 Å². The lowest BCUT2D eigenvalue weighted by molar-refractivity contribution is -0.132. The first-order valence-corrected chi connectivity index (χ1v) is 11.0. The Kier molecular flexibility index (Phi) is 5.40. The standard InChI is InChI=1S/C26H20F2N4O2/c27-26(28)11-20(12-29)32(15-26)25(34)6-5-24(33)21-7-8-31-23-4-3-17(10-22(21)23)16-1-2-18-13-30-14-19(18)9-16/h1-4,7-10,14,20H,5-6,11,13,15H2/t20-/m0/s1. The lowest BCUT2D eigenvalue weighted by atomic mass is 9.96. The number of aliphatic imine (C=N–C) groups is 1. The van der Waals surface area contributed by atoms with Crippen molar-refractivity contribution in [2.45, 2.75) is 37.8 Å². The molecule has 0 unspecified atom stereocenters. The van der Waals surface area contributed by atoms with Crippen LogP contribution in [0.25, 0.3) is 22.0 Å². The van der Waals surface area contributed by atoms with E-state index in [4.69, 9.17) is 5.26 Å². The smallest absolute Gasteiger partial charge is 0.268 e. The summed E-state index contributed by atoms with van der Waals surface area (Å²) in [5.41, 5.74) is 5.22. The number of ketones is 1. The van der Waals surface area contributed by atoms with Crippen LogP contribution in [0.15, 0.2) is 53.7 Å². The van der Waals surface area contributed by atoms with Crippen LogP contribution in [0.4, 0.5) is 8.78 Å². The van der Waals surface area contributed by atoms with Gasteiger partial charge in [0, 0.05) is 42.6 Å². The first kappa shape index (κ1) is 21.8. The summed E-state index contributed by atoms with van der Waals surface area (Å²) in [6.07, 6.45) is 2.34. The summed E-state index contributed by atoms with van der Waals surface area (Å²) in [4.78, 5) is 35.0. The van der Waals surface area contributed by atoms with Gasteiger partial charge in [-0.1, -0.05) is 18.2 Å². The molecule has 5 rings (SSSR count). The van der Waals surface area contributed by atoms with Crippen molar-refractivity contribution >= 4 is 28.8 Å². The minimum atomic E-state index is -3.08. The maximum atomic E-state index is 13.7.